The molecule has 32 heavy (non-hydrogen) atoms. The quantitative estimate of drug-likeness (QED) is 0.148. The van der Waals surface area contributed by atoms with Gasteiger partial charge in [0.1, 0.15) is 5.82 Å². The predicted octanol–water partition coefficient (Wildman–Crippen LogP) is 5.80. The van der Waals surface area contributed by atoms with Gasteiger partial charge in [0.15, 0.2) is 0 Å². The van der Waals surface area contributed by atoms with E-state index >= 15 is 0 Å². The Morgan fingerprint density at radius 1 is 1.12 bits per heavy atom. The number of carbonyl (C=O) groups excluding carboxylic acids is 1. The van der Waals surface area contributed by atoms with Crippen LogP contribution in [-0.2, 0) is 14.4 Å². The van der Waals surface area contributed by atoms with Gasteiger partial charge in [-0.2, -0.15) is 0 Å². The molecule has 0 saturated carbocycles. The van der Waals surface area contributed by atoms with Gasteiger partial charge < -0.3 is 9.57 Å². The molecular weight excluding hydrogens is 433 g/mol. The van der Waals surface area contributed by atoms with E-state index in [0.717, 1.165) is 27.8 Å². The number of nitrogens with zero attached hydrogens (tertiary/aromatic N) is 1. The number of hydrogen-bond donors (Lipinski definition) is 0. The molecule has 0 radical (unpaired) electrons. The number of ether oxygens (including phenoxy) is 1. The van der Waals surface area contributed by atoms with E-state index in [1.165, 1.54) is 17.0 Å². The van der Waals surface area contributed by atoms with Crippen LogP contribution in [0.15, 0.2) is 52.9 Å². The van der Waals surface area contributed by atoms with Crippen LogP contribution in [-0.4, -0.2) is 30.5 Å². The lowest BCUT2D eigenvalue weighted by molar-refractivity contribution is -0.757. The van der Waals surface area contributed by atoms with Crippen LogP contribution in [0.2, 0.25) is 0 Å². The van der Waals surface area contributed by atoms with Crippen molar-refractivity contribution in [1.29, 1.82) is 0 Å². The Labute approximate surface area is 190 Å². The van der Waals surface area contributed by atoms with E-state index in [9.17, 15) is 19.3 Å². The topological polar surface area (TPSA) is 78.7 Å². The summed E-state index contributed by atoms with van der Waals surface area (Å²) >= 11 is 1.67. The Bertz CT molecular complexity index is 1060. The zero-order valence-electron chi connectivity index (χ0n) is 17.9. The largest absolute Gasteiger partial charge is 0.465 e. The Kier molecular flexibility index (Phi) is 8.05. The van der Waals surface area contributed by atoms with E-state index < -0.39 is 11.1 Å². The van der Waals surface area contributed by atoms with Crippen LogP contribution < -0.4 is 0 Å². The zero-order valence-corrected chi connectivity index (χ0v) is 18.7. The number of halogens is 1. The minimum Gasteiger partial charge on any atom is -0.465 e. The Morgan fingerprint density at radius 3 is 2.53 bits per heavy atom. The second-order valence-corrected chi connectivity index (χ2v) is 8.17. The van der Waals surface area contributed by atoms with Gasteiger partial charge in [0, 0.05) is 4.90 Å². The third-order valence-electron chi connectivity index (χ3n) is 5.20. The highest BCUT2D eigenvalue weighted by Gasteiger charge is 2.26. The Hall–Kier alpha value is -3.13. The van der Waals surface area contributed by atoms with Crippen molar-refractivity contribution in [2.45, 2.75) is 31.1 Å². The zero-order chi connectivity index (χ0) is 23.1. The summed E-state index contributed by atoms with van der Waals surface area (Å²) in [5.41, 5.74) is 5.22. The highest BCUT2D eigenvalue weighted by molar-refractivity contribution is 7.98. The molecule has 1 aliphatic rings. The molecule has 0 atom stereocenters. The summed E-state index contributed by atoms with van der Waals surface area (Å²) in [5, 5.41) is 9.27. The molecule has 1 aliphatic carbocycles. The van der Waals surface area contributed by atoms with Crippen molar-refractivity contribution in [3.05, 3.63) is 80.7 Å². The predicted molar refractivity (Wildman–Crippen MR) is 123 cm³/mol. The van der Waals surface area contributed by atoms with Gasteiger partial charge in [0.05, 0.1) is 19.6 Å². The van der Waals surface area contributed by atoms with Gasteiger partial charge in [-0.3, -0.25) is 4.79 Å². The molecule has 2 aromatic rings. The maximum atomic E-state index is 14.0. The van der Waals surface area contributed by atoms with Gasteiger partial charge in [0.2, 0.25) is 0 Å². The Morgan fingerprint density at radius 2 is 1.84 bits per heavy atom. The van der Waals surface area contributed by atoms with Gasteiger partial charge in [-0.1, -0.05) is 18.2 Å². The molecule has 168 valence electrons. The van der Waals surface area contributed by atoms with Crippen LogP contribution in [0.25, 0.3) is 17.2 Å². The van der Waals surface area contributed by atoms with E-state index in [0.29, 0.717) is 18.4 Å². The minimum absolute atomic E-state index is 0.0242. The van der Waals surface area contributed by atoms with Crippen LogP contribution in [0.1, 0.15) is 42.9 Å². The number of thioether (sulfide) groups is 1. The van der Waals surface area contributed by atoms with Crippen LogP contribution >= 0.6 is 11.8 Å². The average molecular weight is 458 g/mol. The van der Waals surface area contributed by atoms with Crippen molar-refractivity contribution in [3.63, 3.8) is 0 Å². The summed E-state index contributed by atoms with van der Waals surface area (Å²) in [6, 6.07) is 12.8. The molecule has 6 nitrogen and oxygen atoms in total. The van der Waals surface area contributed by atoms with Crippen molar-refractivity contribution in [3.8, 4) is 0 Å². The number of esters is 1. The highest BCUT2D eigenvalue weighted by Crippen LogP contribution is 2.44. The number of allylic oxidation sites excluding steroid dienone is 2. The molecular formula is C24H24FNO5S. The summed E-state index contributed by atoms with van der Waals surface area (Å²) < 4.78 is 19.3. The van der Waals surface area contributed by atoms with Crippen LogP contribution in [0.4, 0.5) is 4.39 Å². The van der Waals surface area contributed by atoms with E-state index in [-0.39, 0.29) is 25.5 Å². The second kappa shape index (κ2) is 10.9. The first-order valence-electron chi connectivity index (χ1n) is 10.2. The third kappa shape index (κ3) is 5.97. The lowest BCUT2D eigenvalue weighted by Gasteiger charge is -2.08. The fourth-order valence-corrected chi connectivity index (χ4v) is 3.98. The molecule has 0 unspecified atom stereocenters. The standard InChI is InChI=1S/C24H24FNO5S/c1-16-21(13-17-5-8-19(32-2)9-6-17)20-10-7-18(25)14-23(20)22(16)15-24(27)30-11-3-4-12-31-26(28)29/h5-10,13-14H,3-4,11-12,15H2,1-2H3/b21-13-. The summed E-state index contributed by atoms with van der Waals surface area (Å²) in [7, 11) is 0. The van der Waals surface area contributed by atoms with Crippen LogP contribution in [0.5, 0.6) is 0 Å². The number of unbranched alkanes of at least 4 members (excludes halogenated alkanes) is 1. The molecule has 0 aromatic heterocycles. The molecule has 0 heterocycles. The van der Waals surface area contributed by atoms with E-state index in [1.807, 2.05) is 43.5 Å². The number of benzene rings is 2. The molecule has 0 fully saturated rings. The number of hydrogen-bond acceptors (Lipinski definition) is 6. The van der Waals surface area contributed by atoms with Crippen molar-refractivity contribution in [2.24, 2.45) is 0 Å². The van der Waals surface area contributed by atoms with Crippen molar-refractivity contribution in [2.75, 3.05) is 19.5 Å². The molecule has 0 N–H and O–H groups in total. The van der Waals surface area contributed by atoms with Gasteiger partial charge in [-0.25, -0.2) is 4.39 Å². The first-order valence-corrected chi connectivity index (χ1v) is 11.4. The number of fused-ring (bicyclic) bond motifs is 1. The van der Waals surface area contributed by atoms with E-state index in [2.05, 4.69) is 4.84 Å². The van der Waals surface area contributed by atoms with Gasteiger partial charge >= 0.3 is 5.97 Å². The lowest BCUT2D eigenvalue weighted by atomic mass is 10.0. The van der Waals surface area contributed by atoms with E-state index in [1.54, 1.807) is 17.8 Å². The number of rotatable bonds is 10. The molecule has 0 amide bonds. The second-order valence-electron chi connectivity index (χ2n) is 7.29. The molecule has 0 spiro atoms. The summed E-state index contributed by atoms with van der Waals surface area (Å²) in [6.45, 7) is 2.04. The van der Waals surface area contributed by atoms with Crippen molar-refractivity contribution in [1.82, 2.24) is 0 Å². The van der Waals surface area contributed by atoms with Crippen LogP contribution in [0, 0.1) is 15.9 Å². The summed E-state index contributed by atoms with van der Waals surface area (Å²) in [6.07, 6.45) is 4.96. The maximum absolute atomic E-state index is 14.0. The maximum Gasteiger partial charge on any atom is 0.310 e. The first-order chi connectivity index (χ1) is 15.4. The summed E-state index contributed by atoms with van der Waals surface area (Å²) in [5.74, 6) is -0.783. The lowest BCUT2D eigenvalue weighted by Crippen LogP contribution is -2.08. The fraction of sp³-hybridized carbons (Fsp3) is 0.292. The summed E-state index contributed by atoms with van der Waals surface area (Å²) in [4.78, 5) is 27.9. The van der Waals surface area contributed by atoms with Gasteiger partial charge in [-0.05, 0) is 89.8 Å². The normalized spacial score (nSPS) is 13.9. The van der Waals surface area contributed by atoms with Crippen molar-refractivity contribution >= 4 is 35.0 Å². The van der Waals surface area contributed by atoms with Gasteiger partial charge in [-0.15, -0.1) is 21.9 Å². The molecule has 0 bridgehead atoms. The molecule has 3 rings (SSSR count). The van der Waals surface area contributed by atoms with Crippen molar-refractivity contribution < 1.29 is 23.8 Å². The highest BCUT2D eigenvalue weighted by atomic mass is 32.2. The fourth-order valence-electron chi connectivity index (χ4n) is 3.57. The van der Waals surface area contributed by atoms with Gasteiger partial charge in [0.25, 0.3) is 5.09 Å². The smallest absolute Gasteiger partial charge is 0.310 e. The monoisotopic (exact) mass is 457 g/mol. The molecule has 0 saturated heterocycles. The minimum atomic E-state index is -0.847. The molecule has 2 aromatic carbocycles. The van der Waals surface area contributed by atoms with Crippen LogP contribution in [0.3, 0.4) is 0 Å². The Balaban J connectivity index is 1.74. The van der Waals surface area contributed by atoms with E-state index in [4.69, 9.17) is 4.74 Å². The third-order valence-corrected chi connectivity index (χ3v) is 5.94. The molecule has 0 aliphatic heterocycles. The SMILES string of the molecule is CSc1ccc(/C=C2/C(C)=C(CC(=O)OCCCCO[N+](=O)[O-])c3cc(F)ccc32)cc1. The molecule has 8 heteroatoms. The number of carbonyl (C=O) groups is 1. The average Bonchev–Trinajstić information content (AvgIpc) is 3.01. The first kappa shape index (κ1) is 23.5.